The van der Waals surface area contributed by atoms with Crippen LogP contribution in [0.5, 0.6) is 0 Å². The van der Waals surface area contributed by atoms with Crippen LogP contribution in [0.1, 0.15) is 6.42 Å². The van der Waals surface area contributed by atoms with E-state index in [1.165, 1.54) is 0 Å². The highest BCUT2D eigenvalue weighted by Crippen LogP contribution is 2.06. The molecular weight excluding hydrogens is 294 g/mol. The summed E-state index contributed by atoms with van der Waals surface area (Å²) in [6, 6.07) is -0.308. The second kappa shape index (κ2) is 8.61. The van der Waals surface area contributed by atoms with Crippen LogP contribution >= 0.6 is 0 Å². The summed E-state index contributed by atoms with van der Waals surface area (Å²) in [6.07, 6.45) is -7.62. The number of rotatable bonds is 9. The molecule has 4 unspecified atom stereocenters. The van der Waals surface area contributed by atoms with Gasteiger partial charge in [0.05, 0.1) is 6.61 Å². The van der Waals surface area contributed by atoms with E-state index in [0.717, 1.165) is 0 Å². The third-order valence-electron chi connectivity index (χ3n) is 2.51. The highest BCUT2D eigenvalue weighted by Gasteiger charge is 2.34. The van der Waals surface area contributed by atoms with E-state index in [2.05, 4.69) is 5.32 Å². The highest BCUT2D eigenvalue weighted by atomic mass is 28.4. The molecule has 10 nitrogen and oxygen atoms in total. The van der Waals surface area contributed by atoms with Crippen LogP contribution in [-0.2, 0) is 4.79 Å². The third kappa shape index (κ3) is 7.23. The zero-order chi connectivity index (χ0) is 15.9. The molecule has 0 heterocycles. The van der Waals surface area contributed by atoms with Crippen molar-refractivity contribution in [1.29, 1.82) is 0 Å². The normalized spacial score (nSPS) is 18.2. The minimum atomic E-state index is -4.18. The average molecular weight is 315 g/mol. The standard InChI is InChI=1S/C9H21NO9Si/c11-4-5(12)6(13)7(14)8(15)9(16)10-2-1-3-20(17,18)19/h5-8,11-15,17-19H,1-4H2,(H,10,16). The summed E-state index contributed by atoms with van der Waals surface area (Å²) < 4.78 is 0. The summed E-state index contributed by atoms with van der Waals surface area (Å²) in [4.78, 5) is 37.5. The van der Waals surface area contributed by atoms with E-state index >= 15 is 0 Å². The fourth-order valence-electron chi connectivity index (χ4n) is 1.32. The molecule has 9 N–H and O–H groups in total. The van der Waals surface area contributed by atoms with Crippen molar-refractivity contribution in [3.63, 3.8) is 0 Å². The second-order valence-electron chi connectivity index (χ2n) is 4.34. The Kier molecular flexibility index (Phi) is 8.34. The van der Waals surface area contributed by atoms with E-state index < -0.39 is 45.7 Å². The lowest BCUT2D eigenvalue weighted by Gasteiger charge is -2.24. The Bertz CT molecular complexity index is 298. The van der Waals surface area contributed by atoms with Crippen molar-refractivity contribution >= 4 is 14.7 Å². The van der Waals surface area contributed by atoms with Crippen LogP contribution in [0.2, 0.25) is 6.04 Å². The van der Waals surface area contributed by atoms with E-state index in [9.17, 15) is 20.1 Å². The Balaban J connectivity index is 4.14. The van der Waals surface area contributed by atoms with Gasteiger partial charge in [0, 0.05) is 12.6 Å². The molecule has 0 aromatic carbocycles. The quantitative estimate of drug-likeness (QED) is 0.148. The lowest BCUT2D eigenvalue weighted by Crippen LogP contribution is -2.51. The minimum absolute atomic E-state index is 0.0338. The molecule has 11 heteroatoms. The van der Waals surface area contributed by atoms with Crippen LogP contribution in [0.15, 0.2) is 0 Å². The smallest absolute Gasteiger partial charge is 0.394 e. The van der Waals surface area contributed by atoms with Gasteiger partial charge in [0.2, 0.25) is 0 Å². The molecule has 4 atom stereocenters. The zero-order valence-corrected chi connectivity index (χ0v) is 11.6. The van der Waals surface area contributed by atoms with Gasteiger partial charge in [-0.3, -0.25) is 4.79 Å². The van der Waals surface area contributed by atoms with Crippen molar-refractivity contribution in [2.75, 3.05) is 13.2 Å². The van der Waals surface area contributed by atoms with E-state index in [4.69, 9.17) is 24.6 Å². The molecule has 0 aromatic rings. The van der Waals surface area contributed by atoms with Crippen LogP contribution < -0.4 is 5.32 Å². The molecule has 0 aliphatic carbocycles. The van der Waals surface area contributed by atoms with E-state index in [1.54, 1.807) is 0 Å². The van der Waals surface area contributed by atoms with Crippen molar-refractivity contribution in [2.45, 2.75) is 36.9 Å². The predicted octanol–water partition coefficient (Wildman–Crippen LogP) is -5.16. The van der Waals surface area contributed by atoms with Gasteiger partial charge < -0.3 is 45.2 Å². The first kappa shape index (κ1) is 19.4. The third-order valence-corrected chi connectivity index (χ3v) is 3.54. The number of nitrogens with one attached hydrogen (secondary N) is 1. The van der Waals surface area contributed by atoms with Crippen LogP contribution in [0.4, 0.5) is 0 Å². The van der Waals surface area contributed by atoms with E-state index in [1.807, 2.05) is 0 Å². The van der Waals surface area contributed by atoms with Gasteiger partial charge in [-0.2, -0.15) is 0 Å². The Hall–Kier alpha value is -0.633. The number of aliphatic hydroxyl groups is 5. The van der Waals surface area contributed by atoms with E-state index in [0.29, 0.717) is 0 Å². The Morgan fingerprint density at radius 2 is 1.60 bits per heavy atom. The number of aliphatic hydroxyl groups excluding tert-OH is 5. The van der Waals surface area contributed by atoms with Crippen molar-refractivity contribution < 1.29 is 44.7 Å². The molecule has 1 amide bonds. The summed E-state index contributed by atoms with van der Waals surface area (Å²) in [5, 5.41) is 47.8. The summed E-state index contributed by atoms with van der Waals surface area (Å²) in [6.45, 7) is -0.958. The molecule has 0 spiro atoms. The molecule has 0 aliphatic heterocycles. The molecule has 20 heavy (non-hydrogen) atoms. The molecule has 0 fully saturated rings. The van der Waals surface area contributed by atoms with Gasteiger partial charge in [0.15, 0.2) is 6.10 Å². The topological polar surface area (TPSA) is 191 Å². The SMILES string of the molecule is O=C(NCCC[Si](O)(O)O)C(O)C(O)C(O)C(O)CO. The highest BCUT2D eigenvalue weighted by molar-refractivity contribution is 6.56. The number of hydrogen-bond acceptors (Lipinski definition) is 9. The number of hydrogen-bond donors (Lipinski definition) is 9. The summed E-state index contributed by atoms with van der Waals surface area (Å²) in [5.74, 6) is -1.05. The molecule has 0 bridgehead atoms. The van der Waals surface area contributed by atoms with Crippen molar-refractivity contribution in [1.82, 2.24) is 5.32 Å². The van der Waals surface area contributed by atoms with Gasteiger partial charge in [-0.25, -0.2) is 0 Å². The van der Waals surface area contributed by atoms with Gasteiger partial charge in [-0.1, -0.05) is 0 Å². The first-order valence-electron chi connectivity index (χ1n) is 5.88. The first-order chi connectivity index (χ1) is 9.10. The molecule has 0 aliphatic rings. The Morgan fingerprint density at radius 3 is 2.05 bits per heavy atom. The largest absolute Gasteiger partial charge is 0.492 e. The molecular formula is C9H21NO9Si. The zero-order valence-electron chi connectivity index (χ0n) is 10.6. The molecule has 0 saturated carbocycles. The van der Waals surface area contributed by atoms with Crippen molar-refractivity contribution in [3.05, 3.63) is 0 Å². The minimum Gasteiger partial charge on any atom is -0.394 e. The van der Waals surface area contributed by atoms with Gasteiger partial charge >= 0.3 is 8.80 Å². The molecule has 0 aromatic heterocycles. The maximum atomic E-state index is 11.4. The van der Waals surface area contributed by atoms with E-state index in [-0.39, 0.29) is 19.0 Å². The van der Waals surface area contributed by atoms with Gasteiger partial charge in [-0.15, -0.1) is 0 Å². The number of amides is 1. The van der Waals surface area contributed by atoms with Gasteiger partial charge in [0.25, 0.3) is 5.91 Å². The predicted molar refractivity (Wildman–Crippen MR) is 66.0 cm³/mol. The second-order valence-corrected chi connectivity index (χ2v) is 6.39. The molecule has 120 valence electrons. The average Bonchev–Trinajstić information content (AvgIpc) is 2.38. The summed E-state index contributed by atoms with van der Waals surface area (Å²) >= 11 is 0. The Morgan fingerprint density at radius 1 is 1.05 bits per heavy atom. The fourth-order valence-corrected chi connectivity index (χ4v) is 1.97. The lowest BCUT2D eigenvalue weighted by atomic mass is 10.0. The fraction of sp³-hybridized carbons (Fsp3) is 0.889. The van der Waals surface area contributed by atoms with Gasteiger partial charge in [0.1, 0.15) is 18.3 Å². The molecule has 0 rings (SSSR count). The lowest BCUT2D eigenvalue weighted by molar-refractivity contribution is -0.148. The molecule has 0 radical (unpaired) electrons. The van der Waals surface area contributed by atoms with Crippen molar-refractivity contribution in [2.24, 2.45) is 0 Å². The van der Waals surface area contributed by atoms with Crippen LogP contribution in [0.25, 0.3) is 0 Å². The van der Waals surface area contributed by atoms with Gasteiger partial charge in [-0.05, 0) is 6.42 Å². The van der Waals surface area contributed by atoms with Crippen LogP contribution in [0.3, 0.4) is 0 Å². The van der Waals surface area contributed by atoms with Crippen LogP contribution in [-0.4, -0.2) is 92.2 Å². The maximum absolute atomic E-state index is 11.4. The summed E-state index contributed by atoms with van der Waals surface area (Å²) in [5.41, 5.74) is 0. The maximum Gasteiger partial charge on any atom is 0.492 e. The number of carbonyl (C=O) groups excluding carboxylic acids is 1. The monoisotopic (exact) mass is 315 g/mol. The summed E-state index contributed by atoms with van der Waals surface area (Å²) in [7, 11) is -4.18. The van der Waals surface area contributed by atoms with Crippen molar-refractivity contribution in [3.8, 4) is 0 Å². The Labute approximate surface area is 115 Å². The first-order valence-corrected chi connectivity index (χ1v) is 7.93. The van der Waals surface area contributed by atoms with Crippen LogP contribution in [0, 0.1) is 0 Å². The molecule has 0 saturated heterocycles. The number of carbonyl (C=O) groups is 1.